The van der Waals surface area contributed by atoms with E-state index >= 15 is 0 Å². The lowest BCUT2D eigenvalue weighted by Gasteiger charge is -2.20. The van der Waals surface area contributed by atoms with Gasteiger partial charge in [0, 0.05) is 13.1 Å². The third-order valence-corrected chi connectivity index (χ3v) is 2.85. The molecule has 1 aromatic rings. The van der Waals surface area contributed by atoms with Crippen LogP contribution in [0.3, 0.4) is 0 Å². The van der Waals surface area contributed by atoms with Gasteiger partial charge in [-0.05, 0) is 19.1 Å². The Balaban J connectivity index is 3.03. The molecular formula is C11H13Cl2NO2. The molecule has 0 spiro atoms. The van der Waals surface area contributed by atoms with Gasteiger partial charge in [0.1, 0.15) is 0 Å². The number of aliphatic hydroxyl groups excluding tert-OH is 1. The maximum absolute atomic E-state index is 12.1. The first-order valence-electron chi connectivity index (χ1n) is 4.96. The number of amides is 1. The van der Waals surface area contributed by atoms with Crippen LogP contribution in [0.25, 0.3) is 0 Å². The fourth-order valence-corrected chi connectivity index (χ4v) is 1.94. The lowest BCUT2D eigenvalue weighted by Crippen LogP contribution is -2.33. The number of hydrogen-bond acceptors (Lipinski definition) is 2. The summed E-state index contributed by atoms with van der Waals surface area (Å²) in [6, 6.07) is 4.92. The molecule has 1 amide bonds. The highest BCUT2D eigenvalue weighted by molar-refractivity contribution is 6.39. The fourth-order valence-electron chi connectivity index (χ4n) is 1.38. The van der Waals surface area contributed by atoms with Crippen LogP contribution in [-0.2, 0) is 0 Å². The Morgan fingerprint density at radius 3 is 2.38 bits per heavy atom. The van der Waals surface area contributed by atoms with Gasteiger partial charge in [-0.3, -0.25) is 4.79 Å². The summed E-state index contributed by atoms with van der Waals surface area (Å²) in [4.78, 5) is 13.5. The van der Waals surface area contributed by atoms with Crippen molar-refractivity contribution in [2.45, 2.75) is 6.92 Å². The van der Waals surface area contributed by atoms with E-state index in [0.29, 0.717) is 22.2 Å². The summed E-state index contributed by atoms with van der Waals surface area (Å²) in [5, 5.41) is 9.50. The first-order valence-corrected chi connectivity index (χ1v) is 5.71. The molecule has 0 atom stereocenters. The van der Waals surface area contributed by atoms with E-state index in [1.54, 1.807) is 18.2 Å². The number of likely N-dealkylation sites (N-methyl/N-ethyl adjacent to an activating group) is 1. The number of rotatable bonds is 4. The molecule has 0 radical (unpaired) electrons. The molecule has 1 rings (SSSR count). The average molecular weight is 262 g/mol. The Morgan fingerprint density at radius 1 is 1.38 bits per heavy atom. The Bertz CT molecular complexity index is 362. The van der Waals surface area contributed by atoms with Gasteiger partial charge in [0.25, 0.3) is 5.91 Å². The molecule has 0 heterocycles. The molecule has 16 heavy (non-hydrogen) atoms. The molecule has 0 bridgehead atoms. The normalized spacial score (nSPS) is 10.2. The topological polar surface area (TPSA) is 40.5 Å². The lowest BCUT2D eigenvalue weighted by molar-refractivity contribution is 0.0732. The minimum absolute atomic E-state index is 0.0817. The van der Waals surface area contributed by atoms with E-state index in [-0.39, 0.29) is 19.1 Å². The molecule has 0 saturated heterocycles. The summed E-state index contributed by atoms with van der Waals surface area (Å²) >= 11 is 11.9. The number of hydrogen-bond donors (Lipinski definition) is 1. The number of aliphatic hydroxyl groups is 1. The van der Waals surface area contributed by atoms with E-state index in [9.17, 15) is 4.79 Å². The zero-order chi connectivity index (χ0) is 12.1. The number of benzene rings is 1. The van der Waals surface area contributed by atoms with Crippen molar-refractivity contribution in [3.8, 4) is 0 Å². The second-order valence-electron chi connectivity index (χ2n) is 3.21. The molecule has 1 aromatic carbocycles. The van der Waals surface area contributed by atoms with Crippen LogP contribution in [0.15, 0.2) is 18.2 Å². The van der Waals surface area contributed by atoms with Crippen molar-refractivity contribution in [3.05, 3.63) is 33.8 Å². The highest BCUT2D eigenvalue weighted by Crippen LogP contribution is 2.25. The first kappa shape index (κ1) is 13.3. The van der Waals surface area contributed by atoms with Gasteiger partial charge in [-0.25, -0.2) is 0 Å². The Morgan fingerprint density at radius 2 is 1.94 bits per heavy atom. The molecule has 5 heteroatoms. The highest BCUT2D eigenvalue weighted by Gasteiger charge is 2.19. The van der Waals surface area contributed by atoms with Crippen LogP contribution in [0.5, 0.6) is 0 Å². The summed E-state index contributed by atoms with van der Waals surface area (Å²) in [6.45, 7) is 2.53. The van der Waals surface area contributed by atoms with Crippen molar-refractivity contribution in [1.29, 1.82) is 0 Å². The van der Waals surface area contributed by atoms with Crippen LogP contribution in [-0.4, -0.2) is 35.6 Å². The summed E-state index contributed by atoms with van der Waals surface area (Å²) < 4.78 is 0. The van der Waals surface area contributed by atoms with Gasteiger partial charge in [-0.15, -0.1) is 0 Å². The Kier molecular flexibility index (Phi) is 5.06. The number of carbonyl (C=O) groups excluding carboxylic acids is 1. The molecule has 0 fully saturated rings. The summed E-state index contributed by atoms with van der Waals surface area (Å²) in [5.41, 5.74) is 0.293. The second-order valence-corrected chi connectivity index (χ2v) is 4.02. The van der Waals surface area contributed by atoms with Gasteiger partial charge in [0.15, 0.2) is 0 Å². The molecule has 0 aliphatic carbocycles. The predicted octanol–water partition coefficient (Wildman–Crippen LogP) is 2.45. The predicted molar refractivity (Wildman–Crippen MR) is 65.1 cm³/mol. The van der Waals surface area contributed by atoms with E-state index < -0.39 is 0 Å². The maximum Gasteiger partial charge on any atom is 0.256 e. The minimum Gasteiger partial charge on any atom is -0.395 e. The van der Waals surface area contributed by atoms with Crippen molar-refractivity contribution in [1.82, 2.24) is 4.90 Å². The number of carbonyl (C=O) groups is 1. The van der Waals surface area contributed by atoms with Gasteiger partial charge >= 0.3 is 0 Å². The second kappa shape index (κ2) is 6.09. The standard InChI is InChI=1S/C11H13Cl2NO2/c1-2-14(6-7-15)11(16)10-8(12)4-3-5-9(10)13/h3-5,15H,2,6-7H2,1H3. The zero-order valence-electron chi connectivity index (χ0n) is 8.91. The molecule has 88 valence electrons. The van der Waals surface area contributed by atoms with Crippen molar-refractivity contribution < 1.29 is 9.90 Å². The van der Waals surface area contributed by atoms with Crippen LogP contribution in [0.1, 0.15) is 17.3 Å². The lowest BCUT2D eigenvalue weighted by atomic mass is 10.2. The molecule has 0 aliphatic rings. The van der Waals surface area contributed by atoms with E-state index in [1.807, 2.05) is 6.92 Å². The molecule has 0 saturated carbocycles. The molecular weight excluding hydrogens is 249 g/mol. The first-order chi connectivity index (χ1) is 7.61. The monoisotopic (exact) mass is 261 g/mol. The Labute approximate surface area is 105 Å². The van der Waals surface area contributed by atoms with Gasteiger partial charge in [0.05, 0.1) is 22.2 Å². The van der Waals surface area contributed by atoms with Crippen molar-refractivity contribution >= 4 is 29.1 Å². The quantitative estimate of drug-likeness (QED) is 0.905. The van der Waals surface area contributed by atoms with Crippen LogP contribution in [0.2, 0.25) is 10.0 Å². The summed E-state index contributed by atoms with van der Waals surface area (Å²) in [5.74, 6) is -0.257. The zero-order valence-corrected chi connectivity index (χ0v) is 10.4. The van der Waals surface area contributed by atoms with Crippen LogP contribution >= 0.6 is 23.2 Å². The van der Waals surface area contributed by atoms with Gasteiger partial charge in [-0.1, -0.05) is 29.3 Å². The Hall–Kier alpha value is -0.770. The molecule has 0 aromatic heterocycles. The molecule has 0 unspecified atom stereocenters. The van der Waals surface area contributed by atoms with E-state index in [2.05, 4.69) is 0 Å². The average Bonchev–Trinajstić information content (AvgIpc) is 2.25. The number of nitrogens with zero attached hydrogens (tertiary/aromatic N) is 1. The SMILES string of the molecule is CCN(CCO)C(=O)c1c(Cl)cccc1Cl. The van der Waals surface area contributed by atoms with Crippen molar-refractivity contribution in [3.63, 3.8) is 0 Å². The van der Waals surface area contributed by atoms with Gasteiger partial charge in [0.2, 0.25) is 0 Å². The summed E-state index contributed by atoms with van der Waals surface area (Å²) in [7, 11) is 0. The van der Waals surface area contributed by atoms with Crippen molar-refractivity contribution in [2.24, 2.45) is 0 Å². The third kappa shape index (κ3) is 2.88. The smallest absolute Gasteiger partial charge is 0.256 e. The van der Waals surface area contributed by atoms with Gasteiger partial charge in [-0.2, -0.15) is 0 Å². The highest BCUT2D eigenvalue weighted by atomic mass is 35.5. The maximum atomic E-state index is 12.1. The molecule has 1 N–H and O–H groups in total. The van der Waals surface area contributed by atoms with E-state index in [4.69, 9.17) is 28.3 Å². The van der Waals surface area contributed by atoms with E-state index in [1.165, 1.54) is 4.90 Å². The summed E-state index contributed by atoms with van der Waals surface area (Å²) in [6.07, 6.45) is 0. The largest absolute Gasteiger partial charge is 0.395 e. The molecule has 0 aliphatic heterocycles. The minimum atomic E-state index is -0.257. The van der Waals surface area contributed by atoms with Crippen LogP contribution in [0.4, 0.5) is 0 Å². The third-order valence-electron chi connectivity index (χ3n) is 2.22. The van der Waals surface area contributed by atoms with Gasteiger partial charge < -0.3 is 10.0 Å². The number of halogens is 2. The molecule has 3 nitrogen and oxygen atoms in total. The van der Waals surface area contributed by atoms with E-state index in [0.717, 1.165) is 0 Å². The van der Waals surface area contributed by atoms with Crippen LogP contribution in [0, 0.1) is 0 Å². The van der Waals surface area contributed by atoms with Crippen molar-refractivity contribution in [2.75, 3.05) is 19.7 Å². The van der Waals surface area contributed by atoms with Crippen LogP contribution < -0.4 is 0 Å². The fraction of sp³-hybridized carbons (Fsp3) is 0.364.